The summed E-state index contributed by atoms with van der Waals surface area (Å²) >= 11 is 1.28. The van der Waals surface area contributed by atoms with Crippen LogP contribution in [0.15, 0.2) is 54.6 Å². The second kappa shape index (κ2) is 8.13. The maximum absolute atomic E-state index is 13.9. The number of nitrogen functional groups attached to an aromatic ring is 1. The number of piperidine rings is 1. The summed E-state index contributed by atoms with van der Waals surface area (Å²) in [6.45, 7) is 1.67. The summed E-state index contributed by atoms with van der Waals surface area (Å²) in [5.41, 5.74) is 20.8. The van der Waals surface area contributed by atoms with Crippen LogP contribution in [-0.2, 0) is 10.3 Å². The molecule has 178 valence electrons. The van der Waals surface area contributed by atoms with Gasteiger partial charge in [0.2, 0.25) is 0 Å². The molecule has 3 atom stereocenters. The molecule has 1 saturated heterocycles. The van der Waals surface area contributed by atoms with Crippen molar-refractivity contribution in [1.82, 2.24) is 10.6 Å². The van der Waals surface area contributed by atoms with E-state index in [2.05, 4.69) is 10.6 Å². The Morgan fingerprint density at radius 3 is 2.69 bits per heavy atom. The highest BCUT2D eigenvalue weighted by Gasteiger charge is 2.48. The fourth-order valence-corrected chi connectivity index (χ4v) is 6.71. The van der Waals surface area contributed by atoms with E-state index < -0.39 is 11.6 Å². The Morgan fingerprint density at radius 2 is 1.91 bits per heavy atom. The van der Waals surface area contributed by atoms with E-state index in [-0.39, 0.29) is 17.7 Å². The zero-order valence-corrected chi connectivity index (χ0v) is 20.0. The van der Waals surface area contributed by atoms with Crippen molar-refractivity contribution in [3.05, 3.63) is 76.2 Å². The molecule has 4 aromatic rings. The monoisotopic (exact) mass is 485 g/mol. The molecule has 3 unspecified atom stereocenters. The minimum atomic E-state index is -1.45. The number of carbonyl (C=O) groups excluding carboxylic acids is 2. The Kier molecular flexibility index (Phi) is 5.16. The van der Waals surface area contributed by atoms with Crippen molar-refractivity contribution < 1.29 is 9.59 Å². The first-order chi connectivity index (χ1) is 16.9. The lowest BCUT2D eigenvalue weighted by molar-refractivity contribution is -0.124. The van der Waals surface area contributed by atoms with Crippen molar-refractivity contribution in [2.45, 2.75) is 30.5 Å². The third kappa shape index (κ3) is 3.29. The third-order valence-corrected chi connectivity index (χ3v) is 8.61. The van der Waals surface area contributed by atoms with E-state index in [0.717, 1.165) is 46.8 Å². The zero-order valence-electron chi connectivity index (χ0n) is 19.1. The van der Waals surface area contributed by atoms with Gasteiger partial charge >= 0.3 is 0 Å². The fourth-order valence-electron chi connectivity index (χ4n) is 5.51. The minimum Gasteiger partial charge on any atom is -0.398 e. The Bertz CT molecular complexity index is 1510. The maximum Gasteiger partial charge on any atom is 0.262 e. The smallest absolute Gasteiger partial charge is 0.262 e. The van der Waals surface area contributed by atoms with Gasteiger partial charge in [-0.05, 0) is 53.4 Å². The SMILES string of the molecule is Nc1ccc2c3c(c(C(=O)NC4CCCNC4)sc13)C(N)C(=O)C2(N)c1ccc2ccccc2c1. The molecule has 8 heteroatoms. The number of nitrogens with one attached hydrogen (secondary N) is 2. The molecule has 8 N–H and O–H groups in total. The van der Waals surface area contributed by atoms with Crippen LogP contribution in [0.3, 0.4) is 0 Å². The first-order valence-corrected chi connectivity index (χ1v) is 12.7. The van der Waals surface area contributed by atoms with E-state index in [1.165, 1.54) is 11.3 Å². The van der Waals surface area contributed by atoms with E-state index in [9.17, 15) is 9.59 Å². The summed E-state index contributed by atoms with van der Waals surface area (Å²) in [4.78, 5) is 27.7. The van der Waals surface area contributed by atoms with Gasteiger partial charge < -0.3 is 27.8 Å². The van der Waals surface area contributed by atoms with Gasteiger partial charge in [0.05, 0.1) is 15.6 Å². The lowest BCUT2D eigenvalue weighted by Gasteiger charge is -2.36. The minimum absolute atomic E-state index is 0.0344. The van der Waals surface area contributed by atoms with Crippen molar-refractivity contribution in [1.29, 1.82) is 0 Å². The number of thiophene rings is 1. The number of anilines is 1. The largest absolute Gasteiger partial charge is 0.398 e. The lowest BCUT2D eigenvalue weighted by atomic mass is 9.70. The van der Waals surface area contributed by atoms with Crippen LogP contribution in [-0.4, -0.2) is 30.8 Å². The fraction of sp³-hybridized carbons (Fsp3) is 0.259. The van der Waals surface area contributed by atoms with Gasteiger partial charge in [0.15, 0.2) is 5.78 Å². The molecule has 1 fully saturated rings. The highest BCUT2D eigenvalue weighted by molar-refractivity contribution is 7.21. The molecule has 0 radical (unpaired) electrons. The van der Waals surface area contributed by atoms with Gasteiger partial charge in [-0.15, -0.1) is 11.3 Å². The van der Waals surface area contributed by atoms with E-state index >= 15 is 0 Å². The normalized spacial score (nSPS) is 24.1. The van der Waals surface area contributed by atoms with Crippen LogP contribution >= 0.6 is 11.3 Å². The van der Waals surface area contributed by atoms with Crippen LogP contribution in [0.1, 0.15) is 45.2 Å². The van der Waals surface area contributed by atoms with E-state index in [4.69, 9.17) is 17.2 Å². The molecule has 0 bridgehead atoms. The van der Waals surface area contributed by atoms with E-state index in [1.54, 1.807) is 12.1 Å². The van der Waals surface area contributed by atoms with Crippen LogP contribution in [0.5, 0.6) is 0 Å². The van der Waals surface area contributed by atoms with Crippen LogP contribution < -0.4 is 27.8 Å². The average Bonchev–Trinajstić information content (AvgIpc) is 3.29. The van der Waals surface area contributed by atoms with E-state index in [1.807, 2.05) is 42.5 Å². The summed E-state index contributed by atoms with van der Waals surface area (Å²) in [5, 5.41) is 9.19. The Labute approximate surface area is 206 Å². The molecule has 1 aliphatic carbocycles. The summed E-state index contributed by atoms with van der Waals surface area (Å²) in [5.74, 6) is -0.558. The molecule has 1 amide bonds. The topological polar surface area (TPSA) is 136 Å². The third-order valence-electron chi connectivity index (χ3n) is 7.36. The number of hydrogen-bond donors (Lipinski definition) is 5. The molecule has 1 aromatic heterocycles. The number of benzene rings is 3. The number of carbonyl (C=O) groups is 2. The van der Waals surface area contributed by atoms with Gasteiger partial charge in [0.25, 0.3) is 5.91 Å². The van der Waals surface area contributed by atoms with Gasteiger partial charge in [-0.2, -0.15) is 0 Å². The number of amides is 1. The molecule has 0 spiro atoms. The number of rotatable bonds is 3. The van der Waals surface area contributed by atoms with Crippen molar-refractivity contribution >= 4 is 49.6 Å². The van der Waals surface area contributed by atoms with Crippen LogP contribution in [0, 0.1) is 0 Å². The highest BCUT2D eigenvalue weighted by atomic mass is 32.1. The quantitative estimate of drug-likeness (QED) is 0.283. The number of Topliss-reactive ketones (excluding diaryl/α,β-unsaturated/α-hetero) is 1. The van der Waals surface area contributed by atoms with E-state index in [0.29, 0.717) is 27.3 Å². The molecule has 0 saturated carbocycles. The van der Waals surface area contributed by atoms with Crippen molar-refractivity contribution in [3.63, 3.8) is 0 Å². The lowest BCUT2D eigenvalue weighted by Crippen LogP contribution is -2.52. The van der Waals surface area contributed by atoms with Gasteiger partial charge in [-0.25, -0.2) is 0 Å². The molecule has 2 heterocycles. The maximum atomic E-state index is 13.9. The molecule has 35 heavy (non-hydrogen) atoms. The van der Waals surface area contributed by atoms with Gasteiger partial charge in [-0.3, -0.25) is 9.59 Å². The average molecular weight is 486 g/mol. The molecule has 6 rings (SSSR count). The second-order valence-electron chi connectivity index (χ2n) is 9.48. The first-order valence-electron chi connectivity index (χ1n) is 11.8. The molecule has 7 nitrogen and oxygen atoms in total. The van der Waals surface area contributed by atoms with Crippen LogP contribution in [0.4, 0.5) is 5.69 Å². The number of nitrogens with two attached hydrogens (primary N) is 3. The summed E-state index contributed by atoms with van der Waals surface area (Å²) < 4.78 is 0.739. The summed E-state index contributed by atoms with van der Waals surface area (Å²) in [6.07, 6.45) is 1.91. The van der Waals surface area contributed by atoms with Crippen molar-refractivity contribution in [2.24, 2.45) is 11.5 Å². The molecule has 1 aliphatic heterocycles. The predicted molar refractivity (Wildman–Crippen MR) is 140 cm³/mol. The van der Waals surface area contributed by atoms with Crippen LogP contribution in [0.2, 0.25) is 0 Å². The Balaban J connectivity index is 1.53. The van der Waals surface area contributed by atoms with Crippen LogP contribution in [0.25, 0.3) is 20.9 Å². The Hall–Kier alpha value is -3.30. The van der Waals surface area contributed by atoms with Gasteiger partial charge in [0, 0.05) is 29.2 Å². The second-order valence-corrected chi connectivity index (χ2v) is 10.5. The highest BCUT2D eigenvalue weighted by Crippen LogP contribution is 2.49. The zero-order chi connectivity index (χ0) is 24.3. The van der Waals surface area contributed by atoms with Gasteiger partial charge in [0.1, 0.15) is 5.54 Å². The first kappa shape index (κ1) is 22.2. The van der Waals surface area contributed by atoms with Gasteiger partial charge in [-0.1, -0.05) is 42.5 Å². The standard InChI is InChI=1S/C27H27N5O2S/c28-19-10-9-18-20-21(24(35-23(19)20)26(34)32-17-6-3-11-31-13-17)22(29)25(33)27(18,30)16-8-7-14-4-1-2-5-15(14)12-16/h1-2,4-5,7-10,12,17,22,31H,3,6,11,13,28-30H2,(H,32,34). The molecule has 3 aromatic carbocycles. The number of fused-ring (bicyclic) bond motifs is 1. The Morgan fingerprint density at radius 1 is 1.11 bits per heavy atom. The number of ketones is 1. The molecule has 2 aliphatic rings. The molecular formula is C27H27N5O2S. The number of hydrogen-bond acceptors (Lipinski definition) is 7. The summed E-state index contributed by atoms with van der Waals surface area (Å²) in [6, 6.07) is 16.3. The summed E-state index contributed by atoms with van der Waals surface area (Å²) in [7, 11) is 0. The molecular weight excluding hydrogens is 458 g/mol. The predicted octanol–water partition coefficient (Wildman–Crippen LogP) is 2.90. The van der Waals surface area contributed by atoms with Crippen molar-refractivity contribution in [2.75, 3.05) is 18.8 Å². The van der Waals surface area contributed by atoms with Crippen molar-refractivity contribution in [3.8, 4) is 0 Å².